The first-order chi connectivity index (χ1) is 15.9. The van der Waals surface area contributed by atoms with Gasteiger partial charge in [-0.2, -0.15) is 0 Å². The van der Waals surface area contributed by atoms with Gasteiger partial charge in [-0.1, -0.05) is 26.0 Å². The van der Waals surface area contributed by atoms with Crippen molar-refractivity contribution in [3.63, 3.8) is 0 Å². The van der Waals surface area contributed by atoms with E-state index in [4.69, 9.17) is 10.5 Å². The van der Waals surface area contributed by atoms with Crippen LogP contribution in [0.25, 0.3) is 0 Å². The highest BCUT2D eigenvalue weighted by molar-refractivity contribution is 7.99. The molecule has 3 aliphatic rings. The van der Waals surface area contributed by atoms with Crippen molar-refractivity contribution >= 4 is 11.8 Å². The van der Waals surface area contributed by atoms with Crippen LogP contribution in [-0.4, -0.2) is 18.0 Å². The van der Waals surface area contributed by atoms with Crippen LogP contribution in [0.15, 0.2) is 41.3 Å². The topological polar surface area (TPSA) is 55.5 Å². The highest BCUT2D eigenvalue weighted by atomic mass is 32.2. The zero-order valence-corrected chi connectivity index (χ0v) is 21.2. The van der Waals surface area contributed by atoms with E-state index >= 15 is 0 Å². The number of ether oxygens (including phenoxy) is 1. The fourth-order valence-corrected chi connectivity index (χ4v) is 8.89. The van der Waals surface area contributed by atoms with Crippen molar-refractivity contribution in [1.82, 2.24) is 0 Å². The Morgan fingerprint density at radius 1 is 1.15 bits per heavy atom. The molecule has 2 saturated carbocycles. The van der Waals surface area contributed by atoms with Gasteiger partial charge in [0.1, 0.15) is 11.5 Å². The van der Waals surface area contributed by atoms with E-state index in [1.165, 1.54) is 48.1 Å². The maximum absolute atomic E-state index is 10.0. The Bertz CT molecular complexity index is 1010. The summed E-state index contributed by atoms with van der Waals surface area (Å²) in [5, 5.41) is 10.0. The molecule has 6 atom stereocenters. The molecule has 4 heteroatoms. The molecule has 178 valence electrons. The molecular formula is C29H39NO2S. The number of hydrogen-bond donors (Lipinski definition) is 2. The van der Waals surface area contributed by atoms with E-state index < -0.39 is 0 Å². The van der Waals surface area contributed by atoms with Gasteiger partial charge in [-0.05, 0) is 120 Å². The number of benzene rings is 2. The van der Waals surface area contributed by atoms with Gasteiger partial charge < -0.3 is 15.6 Å². The van der Waals surface area contributed by atoms with Crippen LogP contribution in [0.3, 0.4) is 0 Å². The number of phenols is 1. The summed E-state index contributed by atoms with van der Waals surface area (Å²) in [4.78, 5) is 1.24. The molecule has 33 heavy (non-hydrogen) atoms. The third-order valence-corrected chi connectivity index (χ3v) is 10.5. The summed E-state index contributed by atoms with van der Waals surface area (Å²) in [5.41, 5.74) is 10.3. The predicted molar refractivity (Wildman–Crippen MR) is 137 cm³/mol. The number of nitrogens with two attached hydrogens (primary N) is 1. The van der Waals surface area contributed by atoms with Crippen molar-refractivity contribution in [1.29, 1.82) is 0 Å². The van der Waals surface area contributed by atoms with Gasteiger partial charge in [0.2, 0.25) is 0 Å². The Balaban J connectivity index is 1.28. The minimum atomic E-state index is 0.424. The summed E-state index contributed by atoms with van der Waals surface area (Å²) in [6.07, 6.45) is 7.82. The third kappa shape index (κ3) is 4.08. The van der Waals surface area contributed by atoms with Gasteiger partial charge in [0, 0.05) is 11.4 Å². The van der Waals surface area contributed by atoms with Crippen LogP contribution >= 0.6 is 11.8 Å². The van der Waals surface area contributed by atoms with Crippen LogP contribution in [0.4, 0.5) is 0 Å². The molecule has 0 bridgehead atoms. The number of thioether (sulfide) groups is 1. The summed E-state index contributed by atoms with van der Waals surface area (Å²) in [6, 6.07) is 12.5. The molecule has 0 radical (unpaired) electrons. The lowest BCUT2D eigenvalue weighted by Gasteiger charge is -2.53. The fraction of sp³-hybridized carbons (Fsp3) is 0.586. The van der Waals surface area contributed by atoms with Gasteiger partial charge in [0.05, 0.1) is 7.11 Å². The fourth-order valence-electron chi connectivity index (χ4n) is 7.82. The zero-order chi connectivity index (χ0) is 23.2. The third-order valence-electron chi connectivity index (χ3n) is 9.44. The predicted octanol–water partition coefficient (Wildman–Crippen LogP) is 6.76. The minimum absolute atomic E-state index is 0.424. The van der Waals surface area contributed by atoms with Gasteiger partial charge in [-0.25, -0.2) is 0 Å². The molecule has 0 amide bonds. The normalized spacial score (nSPS) is 32.7. The molecule has 5 rings (SSSR count). The summed E-state index contributed by atoms with van der Waals surface area (Å²) < 4.78 is 5.63. The smallest absolute Gasteiger partial charge is 0.132 e. The summed E-state index contributed by atoms with van der Waals surface area (Å²) in [5.74, 6) is 6.36. The van der Waals surface area contributed by atoms with E-state index in [-0.39, 0.29) is 0 Å². The molecule has 0 aliphatic heterocycles. The first kappa shape index (κ1) is 23.1. The Labute approximate surface area is 203 Å². The SMILES string of the molecule is COc1cc(CN)ccc1SCCC1CCC2C3C(CCC12C)c1ccc(O)cc1C[C@H]3C. The lowest BCUT2D eigenvalue weighted by atomic mass is 9.51. The largest absolute Gasteiger partial charge is 0.508 e. The molecule has 3 nitrogen and oxygen atoms in total. The van der Waals surface area contributed by atoms with Crippen molar-refractivity contribution in [2.24, 2.45) is 34.8 Å². The van der Waals surface area contributed by atoms with Gasteiger partial charge in [0.15, 0.2) is 0 Å². The molecule has 0 saturated heterocycles. The first-order valence-electron chi connectivity index (χ1n) is 12.8. The molecule has 0 heterocycles. The summed E-state index contributed by atoms with van der Waals surface area (Å²) in [7, 11) is 1.76. The lowest BCUT2D eigenvalue weighted by molar-refractivity contribution is 0.00516. The van der Waals surface area contributed by atoms with Crippen LogP contribution in [0, 0.1) is 29.1 Å². The molecule has 2 fully saturated rings. The monoisotopic (exact) mass is 465 g/mol. The van der Waals surface area contributed by atoms with Gasteiger partial charge in [0.25, 0.3) is 0 Å². The van der Waals surface area contributed by atoms with E-state index in [2.05, 4.69) is 38.1 Å². The van der Waals surface area contributed by atoms with E-state index in [1.54, 1.807) is 7.11 Å². The quantitative estimate of drug-likeness (QED) is 0.463. The molecule has 2 aromatic rings. The van der Waals surface area contributed by atoms with Crippen LogP contribution < -0.4 is 10.5 Å². The van der Waals surface area contributed by atoms with Crippen LogP contribution in [0.2, 0.25) is 0 Å². The van der Waals surface area contributed by atoms with Crippen LogP contribution in [-0.2, 0) is 13.0 Å². The van der Waals surface area contributed by atoms with E-state index in [0.717, 1.165) is 41.2 Å². The van der Waals surface area contributed by atoms with Crippen molar-refractivity contribution in [2.45, 2.75) is 69.7 Å². The van der Waals surface area contributed by atoms with Crippen molar-refractivity contribution in [2.75, 3.05) is 12.9 Å². The highest BCUT2D eigenvalue weighted by Crippen LogP contribution is 2.64. The minimum Gasteiger partial charge on any atom is -0.508 e. The maximum Gasteiger partial charge on any atom is 0.132 e. The molecule has 2 aromatic carbocycles. The molecular weight excluding hydrogens is 426 g/mol. The Morgan fingerprint density at radius 3 is 2.79 bits per heavy atom. The van der Waals surface area contributed by atoms with Crippen molar-refractivity contribution in [3.8, 4) is 11.5 Å². The molecule has 0 spiro atoms. The second-order valence-electron chi connectivity index (χ2n) is 11.0. The van der Waals surface area contributed by atoms with E-state index in [0.29, 0.717) is 29.5 Å². The standard InChI is InChI=1S/C29H39NO2S/c1-18-14-20-16-22(31)6-7-23(20)24-10-12-29(2)21(5-8-25(29)28(18)24)11-13-33-27-9-4-19(17-30)15-26(27)32-3/h4,6-7,9,15-16,18,21,24-25,28,31H,5,8,10-14,17,30H2,1-3H3/t18-,21?,24?,25?,28?,29?/m1/s1. The van der Waals surface area contributed by atoms with Crippen LogP contribution in [0.1, 0.15) is 68.6 Å². The number of hydrogen-bond acceptors (Lipinski definition) is 4. The molecule has 3 N–H and O–H groups in total. The van der Waals surface area contributed by atoms with Gasteiger partial charge >= 0.3 is 0 Å². The van der Waals surface area contributed by atoms with E-state index in [9.17, 15) is 5.11 Å². The molecule has 5 unspecified atom stereocenters. The zero-order valence-electron chi connectivity index (χ0n) is 20.3. The highest BCUT2D eigenvalue weighted by Gasteiger charge is 2.55. The van der Waals surface area contributed by atoms with Crippen molar-refractivity contribution in [3.05, 3.63) is 53.1 Å². The second kappa shape index (κ2) is 9.19. The Kier molecular flexibility index (Phi) is 6.43. The Hall–Kier alpha value is -1.65. The first-order valence-corrected chi connectivity index (χ1v) is 13.7. The van der Waals surface area contributed by atoms with Gasteiger partial charge in [-0.15, -0.1) is 11.8 Å². The summed E-state index contributed by atoms with van der Waals surface area (Å²) >= 11 is 1.94. The molecule has 3 aliphatic carbocycles. The van der Waals surface area contributed by atoms with Crippen LogP contribution in [0.5, 0.6) is 11.5 Å². The Morgan fingerprint density at radius 2 is 2.00 bits per heavy atom. The second-order valence-corrected chi connectivity index (χ2v) is 12.1. The number of methoxy groups -OCH3 is 1. The van der Waals surface area contributed by atoms with Gasteiger partial charge in [-0.3, -0.25) is 0 Å². The number of aromatic hydroxyl groups is 1. The number of fused-ring (bicyclic) bond motifs is 5. The number of rotatable bonds is 6. The summed E-state index contributed by atoms with van der Waals surface area (Å²) in [6.45, 7) is 5.64. The van der Waals surface area contributed by atoms with E-state index in [1.807, 2.05) is 23.9 Å². The maximum atomic E-state index is 10.0. The van der Waals surface area contributed by atoms with Crippen molar-refractivity contribution < 1.29 is 9.84 Å². The lowest BCUT2D eigenvalue weighted by Crippen LogP contribution is -2.45. The average Bonchev–Trinajstić information content (AvgIpc) is 3.15. The number of phenolic OH excluding ortho intramolecular Hbond substituents is 1. The average molecular weight is 466 g/mol. The molecule has 0 aromatic heterocycles.